The first-order valence-electron chi connectivity index (χ1n) is 7.53. The molecular weight excluding hydrogens is 254 g/mol. The van der Waals surface area contributed by atoms with Gasteiger partial charge in [-0.3, -0.25) is 4.68 Å². The van der Waals surface area contributed by atoms with E-state index in [1.807, 2.05) is 6.20 Å². The zero-order chi connectivity index (χ0) is 15.0. The summed E-state index contributed by atoms with van der Waals surface area (Å²) in [6.45, 7) is 8.23. The van der Waals surface area contributed by atoms with Gasteiger partial charge in [-0.15, -0.1) is 0 Å². The van der Waals surface area contributed by atoms with E-state index in [-0.39, 0.29) is 12.1 Å². The fraction of sp³-hybridized carbons (Fsp3) is 0.800. The first-order valence-corrected chi connectivity index (χ1v) is 7.53. The van der Waals surface area contributed by atoms with Crippen molar-refractivity contribution < 1.29 is 9.47 Å². The minimum Gasteiger partial charge on any atom is -0.493 e. The highest BCUT2D eigenvalue weighted by Crippen LogP contribution is 2.29. The van der Waals surface area contributed by atoms with Gasteiger partial charge < -0.3 is 14.8 Å². The van der Waals surface area contributed by atoms with Gasteiger partial charge in [-0.1, -0.05) is 13.8 Å². The summed E-state index contributed by atoms with van der Waals surface area (Å²) >= 11 is 0. The van der Waals surface area contributed by atoms with E-state index in [2.05, 4.69) is 35.9 Å². The minimum atomic E-state index is 0.251. The Kier molecular flexibility index (Phi) is 7.62. The highest BCUT2D eigenvalue weighted by Gasteiger charge is 2.21. The summed E-state index contributed by atoms with van der Waals surface area (Å²) < 4.78 is 12.9. The summed E-state index contributed by atoms with van der Waals surface area (Å²) in [5, 5.41) is 7.99. The van der Waals surface area contributed by atoms with E-state index in [0.29, 0.717) is 0 Å². The molecule has 0 saturated carbocycles. The average Bonchev–Trinajstić information content (AvgIpc) is 2.86. The van der Waals surface area contributed by atoms with E-state index < -0.39 is 0 Å². The van der Waals surface area contributed by atoms with E-state index >= 15 is 0 Å². The number of nitrogens with one attached hydrogen (secondary N) is 1. The second-order valence-electron chi connectivity index (χ2n) is 5.06. The number of rotatable bonds is 10. The molecule has 116 valence electrons. The molecule has 0 saturated heterocycles. The second-order valence-corrected chi connectivity index (χ2v) is 5.06. The van der Waals surface area contributed by atoms with Crippen LogP contribution in [0.15, 0.2) is 6.20 Å². The van der Waals surface area contributed by atoms with Crippen LogP contribution in [-0.2, 0) is 11.3 Å². The van der Waals surface area contributed by atoms with Gasteiger partial charge in [0.1, 0.15) is 0 Å². The highest BCUT2D eigenvalue weighted by atomic mass is 16.5. The van der Waals surface area contributed by atoms with Gasteiger partial charge in [0.05, 0.1) is 31.1 Å². The van der Waals surface area contributed by atoms with Crippen LogP contribution in [0.5, 0.6) is 5.75 Å². The monoisotopic (exact) mass is 283 g/mol. The molecule has 1 rings (SSSR count). The Morgan fingerprint density at radius 1 is 1.30 bits per heavy atom. The van der Waals surface area contributed by atoms with Crippen molar-refractivity contribution in [3.05, 3.63) is 11.9 Å². The van der Waals surface area contributed by atoms with Crippen LogP contribution in [0.25, 0.3) is 0 Å². The molecule has 20 heavy (non-hydrogen) atoms. The third-order valence-corrected chi connectivity index (χ3v) is 3.55. The van der Waals surface area contributed by atoms with Crippen molar-refractivity contribution in [2.24, 2.45) is 0 Å². The van der Waals surface area contributed by atoms with Crippen LogP contribution >= 0.6 is 0 Å². The van der Waals surface area contributed by atoms with Crippen molar-refractivity contribution in [2.75, 3.05) is 20.8 Å². The molecule has 0 aliphatic carbocycles. The van der Waals surface area contributed by atoms with Gasteiger partial charge in [-0.25, -0.2) is 0 Å². The molecular formula is C15H29N3O2. The van der Waals surface area contributed by atoms with Crippen LogP contribution in [0.4, 0.5) is 0 Å². The molecule has 2 unspecified atom stereocenters. The molecule has 0 radical (unpaired) electrons. The maximum Gasteiger partial charge on any atom is 0.161 e. The molecule has 1 N–H and O–H groups in total. The Morgan fingerprint density at radius 3 is 2.60 bits per heavy atom. The number of aryl methyl sites for hydroxylation is 1. The average molecular weight is 283 g/mol. The van der Waals surface area contributed by atoms with E-state index in [0.717, 1.165) is 43.8 Å². The Hall–Kier alpha value is -1.07. The summed E-state index contributed by atoms with van der Waals surface area (Å²) in [5.74, 6) is 0.870. The lowest BCUT2D eigenvalue weighted by atomic mass is 10.0. The largest absolute Gasteiger partial charge is 0.493 e. The Balaban J connectivity index is 2.90. The lowest BCUT2D eigenvalue weighted by Crippen LogP contribution is -2.25. The molecule has 0 fully saturated rings. The van der Waals surface area contributed by atoms with Gasteiger partial charge in [0.15, 0.2) is 5.75 Å². The number of aromatic nitrogens is 2. The van der Waals surface area contributed by atoms with Gasteiger partial charge in [0.25, 0.3) is 0 Å². The Labute approximate surface area is 122 Å². The third kappa shape index (κ3) is 4.49. The second kappa shape index (κ2) is 8.97. The molecule has 1 aromatic heterocycles. The standard InChI is InChI=1S/C15H29N3O2/c1-6-10-18-15(14(20-5)11-17-18)13(16-7-2)9-8-12(3)19-4/h11-13,16H,6-10H2,1-5H3. The lowest BCUT2D eigenvalue weighted by molar-refractivity contribution is 0.105. The van der Waals surface area contributed by atoms with E-state index in [1.54, 1.807) is 14.2 Å². The Morgan fingerprint density at radius 2 is 2.05 bits per heavy atom. The normalized spacial score (nSPS) is 14.2. The number of hydrogen-bond donors (Lipinski definition) is 1. The van der Waals surface area contributed by atoms with Gasteiger partial charge >= 0.3 is 0 Å². The maximum atomic E-state index is 5.48. The molecule has 0 aliphatic heterocycles. The first kappa shape index (κ1) is 17.0. The summed E-state index contributed by atoms with van der Waals surface area (Å²) in [4.78, 5) is 0. The van der Waals surface area contributed by atoms with Gasteiger partial charge in [0, 0.05) is 13.7 Å². The van der Waals surface area contributed by atoms with Gasteiger partial charge in [0.2, 0.25) is 0 Å². The van der Waals surface area contributed by atoms with Crippen molar-refractivity contribution in [1.29, 1.82) is 0 Å². The summed E-state index contributed by atoms with van der Waals surface area (Å²) in [5.41, 5.74) is 1.15. The predicted octanol–water partition coefficient (Wildman–Crippen LogP) is 2.77. The zero-order valence-corrected chi connectivity index (χ0v) is 13.5. The molecule has 5 heteroatoms. The van der Waals surface area contributed by atoms with E-state index in [9.17, 15) is 0 Å². The predicted molar refractivity (Wildman–Crippen MR) is 81.2 cm³/mol. The lowest BCUT2D eigenvalue weighted by Gasteiger charge is -2.22. The number of hydrogen-bond acceptors (Lipinski definition) is 4. The number of ether oxygens (including phenoxy) is 2. The minimum absolute atomic E-state index is 0.251. The molecule has 1 heterocycles. The quantitative estimate of drug-likeness (QED) is 0.717. The summed E-state index contributed by atoms with van der Waals surface area (Å²) in [6.07, 6.45) is 5.16. The fourth-order valence-electron chi connectivity index (χ4n) is 2.38. The van der Waals surface area contributed by atoms with Crippen LogP contribution in [0.1, 0.15) is 51.8 Å². The first-order chi connectivity index (χ1) is 9.67. The molecule has 1 aromatic rings. The van der Waals surface area contributed by atoms with Crippen LogP contribution < -0.4 is 10.1 Å². The van der Waals surface area contributed by atoms with Crippen LogP contribution in [0, 0.1) is 0 Å². The molecule has 0 aliphatic rings. The van der Waals surface area contributed by atoms with E-state index in [4.69, 9.17) is 9.47 Å². The topological polar surface area (TPSA) is 48.3 Å². The van der Waals surface area contributed by atoms with Gasteiger partial charge in [-0.2, -0.15) is 5.10 Å². The van der Waals surface area contributed by atoms with Crippen molar-refractivity contribution in [2.45, 2.75) is 58.7 Å². The molecule has 5 nitrogen and oxygen atoms in total. The van der Waals surface area contributed by atoms with Crippen LogP contribution in [0.3, 0.4) is 0 Å². The molecule has 0 spiro atoms. The molecule has 0 amide bonds. The smallest absolute Gasteiger partial charge is 0.161 e. The number of methoxy groups -OCH3 is 2. The zero-order valence-electron chi connectivity index (χ0n) is 13.5. The van der Waals surface area contributed by atoms with Crippen molar-refractivity contribution in [1.82, 2.24) is 15.1 Å². The number of nitrogens with zero attached hydrogens (tertiary/aromatic N) is 2. The molecule has 2 atom stereocenters. The van der Waals surface area contributed by atoms with Crippen LogP contribution in [-0.4, -0.2) is 36.6 Å². The van der Waals surface area contributed by atoms with Crippen molar-refractivity contribution >= 4 is 0 Å². The molecule has 0 aromatic carbocycles. The van der Waals surface area contributed by atoms with E-state index in [1.165, 1.54) is 0 Å². The summed E-state index contributed by atoms with van der Waals surface area (Å²) in [7, 11) is 3.46. The van der Waals surface area contributed by atoms with Crippen molar-refractivity contribution in [3.8, 4) is 5.75 Å². The summed E-state index contributed by atoms with van der Waals surface area (Å²) in [6, 6.07) is 0.251. The highest BCUT2D eigenvalue weighted by molar-refractivity contribution is 5.28. The van der Waals surface area contributed by atoms with Gasteiger partial charge in [-0.05, 0) is 32.7 Å². The van der Waals surface area contributed by atoms with Crippen LogP contribution in [0.2, 0.25) is 0 Å². The Bertz CT molecular complexity index is 379. The SMILES string of the molecule is CCCn1ncc(OC)c1C(CCC(C)OC)NCC. The maximum absolute atomic E-state index is 5.48. The molecule has 0 bridgehead atoms. The third-order valence-electron chi connectivity index (χ3n) is 3.55. The fourth-order valence-corrected chi connectivity index (χ4v) is 2.38. The van der Waals surface area contributed by atoms with Crippen molar-refractivity contribution in [3.63, 3.8) is 0 Å².